The third kappa shape index (κ3) is 3.17. The van der Waals surface area contributed by atoms with E-state index >= 15 is 0 Å². The van der Waals surface area contributed by atoms with Crippen LogP contribution in [0.2, 0.25) is 0 Å². The van der Waals surface area contributed by atoms with Gasteiger partial charge in [0, 0.05) is 6.04 Å². The number of carbonyl (C=O) groups is 1. The second-order valence-electron chi connectivity index (χ2n) is 4.36. The van der Waals surface area contributed by atoms with E-state index in [0.29, 0.717) is 5.56 Å². The fourth-order valence-electron chi connectivity index (χ4n) is 1.51. The van der Waals surface area contributed by atoms with Gasteiger partial charge in [-0.15, -0.1) is 12.4 Å². The molecule has 2 N–H and O–H groups in total. The van der Waals surface area contributed by atoms with Crippen LogP contribution >= 0.6 is 12.4 Å². The summed E-state index contributed by atoms with van der Waals surface area (Å²) >= 11 is 0. The first-order valence-electron chi connectivity index (χ1n) is 5.09. The Morgan fingerprint density at radius 2 is 1.89 bits per heavy atom. The molecule has 0 unspecified atom stereocenters. The number of nitrogens with two attached hydrogens (primary N) is 1. The summed E-state index contributed by atoms with van der Waals surface area (Å²) in [5.41, 5.74) is 5.21. The van der Waals surface area contributed by atoms with Crippen molar-refractivity contribution in [3.63, 3.8) is 0 Å². The van der Waals surface area contributed by atoms with Crippen LogP contribution in [0.15, 0.2) is 18.2 Å². The number of halogens is 3. The molecule has 0 aromatic heterocycles. The number of rotatable bonds is 3. The molecule has 1 atom stereocenters. The van der Waals surface area contributed by atoms with E-state index in [0.717, 1.165) is 12.1 Å². The number of methoxy groups -OCH3 is 1. The molecule has 0 aliphatic rings. The molecule has 0 aliphatic carbocycles. The van der Waals surface area contributed by atoms with Gasteiger partial charge >= 0.3 is 5.97 Å². The third-order valence-electron chi connectivity index (χ3n) is 2.79. The van der Waals surface area contributed by atoms with Gasteiger partial charge in [0.2, 0.25) is 0 Å². The van der Waals surface area contributed by atoms with E-state index in [2.05, 4.69) is 4.74 Å². The van der Waals surface area contributed by atoms with E-state index in [1.807, 2.05) is 0 Å². The maximum absolute atomic E-state index is 13.1. The zero-order valence-corrected chi connectivity index (χ0v) is 11.2. The van der Waals surface area contributed by atoms with Gasteiger partial charge in [-0.25, -0.2) is 8.78 Å². The van der Waals surface area contributed by atoms with E-state index < -0.39 is 29.1 Å². The zero-order chi connectivity index (χ0) is 13.2. The second kappa shape index (κ2) is 6.11. The summed E-state index contributed by atoms with van der Waals surface area (Å²) in [4.78, 5) is 11.5. The molecule has 1 aromatic rings. The van der Waals surface area contributed by atoms with Crippen molar-refractivity contribution in [1.29, 1.82) is 0 Å². The summed E-state index contributed by atoms with van der Waals surface area (Å²) in [7, 11) is 1.25. The summed E-state index contributed by atoms with van der Waals surface area (Å²) in [6.07, 6.45) is 0. The van der Waals surface area contributed by atoms with Crippen molar-refractivity contribution >= 4 is 18.4 Å². The lowest BCUT2D eigenvalue weighted by Gasteiger charge is -2.28. The van der Waals surface area contributed by atoms with Gasteiger partial charge in [0.15, 0.2) is 11.6 Å². The van der Waals surface area contributed by atoms with Crippen LogP contribution in [0.1, 0.15) is 25.5 Å². The van der Waals surface area contributed by atoms with Crippen molar-refractivity contribution in [3.8, 4) is 0 Å². The van der Waals surface area contributed by atoms with Crippen LogP contribution in [-0.4, -0.2) is 13.1 Å². The lowest BCUT2D eigenvalue weighted by atomic mass is 9.81. The van der Waals surface area contributed by atoms with E-state index in [1.165, 1.54) is 13.2 Å². The Morgan fingerprint density at radius 1 is 1.33 bits per heavy atom. The molecule has 3 nitrogen and oxygen atoms in total. The number of hydrogen-bond donors (Lipinski definition) is 1. The van der Waals surface area contributed by atoms with Gasteiger partial charge in [-0.2, -0.15) is 0 Å². The summed E-state index contributed by atoms with van der Waals surface area (Å²) in [5, 5.41) is 0. The van der Waals surface area contributed by atoms with Crippen LogP contribution in [-0.2, 0) is 9.53 Å². The molecular formula is C12H16ClF2NO2. The van der Waals surface area contributed by atoms with Gasteiger partial charge in [0.1, 0.15) is 0 Å². The van der Waals surface area contributed by atoms with Gasteiger partial charge in [0.05, 0.1) is 12.5 Å². The normalized spacial score (nSPS) is 12.6. The van der Waals surface area contributed by atoms with Crippen LogP contribution in [0.5, 0.6) is 0 Å². The minimum Gasteiger partial charge on any atom is -0.469 e. The minimum atomic E-state index is -1.01. The molecule has 0 saturated carbocycles. The average molecular weight is 280 g/mol. The highest BCUT2D eigenvalue weighted by Gasteiger charge is 2.36. The topological polar surface area (TPSA) is 52.3 Å². The molecule has 0 spiro atoms. The average Bonchev–Trinajstić information content (AvgIpc) is 2.30. The zero-order valence-electron chi connectivity index (χ0n) is 10.4. The molecule has 0 aliphatic heterocycles. The van der Waals surface area contributed by atoms with E-state index in [9.17, 15) is 13.6 Å². The maximum Gasteiger partial charge on any atom is 0.313 e. The van der Waals surface area contributed by atoms with Crippen molar-refractivity contribution in [2.45, 2.75) is 19.9 Å². The van der Waals surface area contributed by atoms with Crippen LogP contribution in [0.25, 0.3) is 0 Å². The number of hydrogen-bond acceptors (Lipinski definition) is 3. The Morgan fingerprint density at radius 3 is 2.33 bits per heavy atom. The van der Waals surface area contributed by atoms with Gasteiger partial charge in [-0.3, -0.25) is 4.79 Å². The predicted molar refractivity (Wildman–Crippen MR) is 66.3 cm³/mol. The van der Waals surface area contributed by atoms with Crippen LogP contribution in [0.4, 0.5) is 8.78 Å². The first kappa shape index (κ1) is 16.8. The molecule has 0 heterocycles. The largest absolute Gasteiger partial charge is 0.469 e. The highest BCUT2D eigenvalue weighted by atomic mass is 35.5. The molecule has 1 aromatic carbocycles. The lowest BCUT2D eigenvalue weighted by Crippen LogP contribution is -2.37. The van der Waals surface area contributed by atoms with E-state index in [-0.39, 0.29) is 12.4 Å². The Kier molecular flexibility index (Phi) is 5.70. The fourth-order valence-corrected chi connectivity index (χ4v) is 1.51. The highest BCUT2D eigenvalue weighted by Crippen LogP contribution is 2.32. The fraction of sp³-hybridized carbons (Fsp3) is 0.417. The predicted octanol–water partition coefficient (Wildman–Crippen LogP) is 2.59. The number of esters is 1. The van der Waals surface area contributed by atoms with E-state index in [4.69, 9.17) is 5.73 Å². The number of carbonyl (C=O) groups excluding carboxylic acids is 1. The van der Waals surface area contributed by atoms with Gasteiger partial charge in [-0.05, 0) is 31.5 Å². The monoisotopic (exact) mass is 279 g/mol. The first-order chi connectivity index (χ1) is 7.80. The molecular weight excluding hydrogens is 264 g/mol. The highest BCUT2D eigenvalue weighted by molar-refractivity contribution is 5.85. The molecule has 6 heteroatoms. The Hall–Kier alpha value is -1.20. The molecule has 0 amide bonds. The molecule has 0 radical (unpaired) electrons. The van der Waals surface area contributed by atoms with Crippen LogP contribution in [0.3, 0.4) is 0 Å². The van der Waals surface area contributed by atoms with Gasteiger partial charge in [-0.1, -0.05) is 6.07 Å². The molecule has 0 bridgehead atoms. The summed E-state index contributed by atoms with van der Waals surface area (Å²) in [6, 6.07) is 2.56. The number of benzene rings is 1. The minimum absolute atomic E-state index is 0. The van der Waals surface area contributed by atoms with E-state index in [1.54, 1.807) is 13.8 Å². The summed E-state index contributed by atoms with van der Waals surface area (Å²) in [5.74, 6) is -2.44. The first-order valence-corrected chi connectivity index (χ1v) is 5.09. The SMILES string of the molecule is COC(=O)C(C)(C)[C@H](N)c1ccc(F)c(F)c1.Cl. The Balaban J connectivity index is 0.00000289. The molecule has 1 rings (SSSR count). The molecule has 102 valence electrons. The van der Waals surface area contributed by atoms with Gasteiger partial charge < -0.3 is 10.5 Å². The third-order valence-corrected chi connectivity index (χ3v) is 2.79. The quantitative estimate of drug-likeness (QED) is 0.865. The molecule has 0 saturated heterocycles. The lowest BCUT2D eigenvalue weighted by molar-refractivity contribution is -0.152. The van der Waals surface area contributed by atoms with Crippen LogP contribution in [0, 0.1) is 17.0 Å². The summed E-state index contributed by atoms with van der Waals surface area (Å²) < 4.78 is 30.5. The van der Waals surface area contributed by atoms with Crippen molar-refractivity contribution in [3.05, 3.63) is 35.4 Å². The smallest absolute Gasteiger partial charge is 0.313 e. The van der Waals surface area contributed by atoms with Crippen molar-refractivity contribution < 1.29 is 18.3 Å². The molecule has 18 heavy (non-hydrogen) atoms. The maximum atomic E-state index is 13.1. The van der Waals surface area contributed by atoms with Crippen molar-refractivity contribution in [1.82, 2.24) is 0 Å². The van der Waals surface area contributed by atoms with Crippen molar-refractivity contribution in [2.75, 3.05) is 7.11 Å². The standard InChI is InChI=1S/C12H15F2NO2.ClH/c1-12(2,11(16)17-3)10(15)7-4-5-8(13)9(14)6-7;/h4-6,10H,15H2,1-3H3;1H/t10-;/m1./s1. The second-order valence-corrected chi connectivity index (χ2v) is 4.36. The summed E-state index contributed by atoms with van der Waals surface area (Å²) in [6.45, 7) is 3.18. The Labute approximate surface area is 111 Å². The number of ether oxygens (including phenoxy) is 1. The van der Waals surface area contributed by atoms with Crippen molar-refractivity contribution in [2.24, 2.45) is 11.1 Å². The van der Waals surface area contributed by atoms with Gasteiger partial charge in [0.25, 0.3) is 0 Å². The Bertz CT molecular complexity index is 438. The molecule has 0 fully saturated rings. The van der Waals surface area contributed by atoms with Crippen LogP contribution < -0.4 is 5.73 Å².